The second-order valence-corrected chi connectivity index (χ2v) is 9.12. The van der Waals surface area contributed by atoms with Crippen LogP contribution in [0.2, 0.25) is 18.6 Å². The van der Waals surface area contributed by atoms with Gasteiger partial charge < -0.3 is 4.74 Å². The number of hydrogen-bond acceptors (Lipinski definition) is 1. The molecule has 2 unspecified atom stereocenters. The highest BCUT2D eigenvalue weighted by atomic mass is 28.3. The molecule has 0 amide bonds. The zero-order valence-electron chi connectivity index (χ0n) is 12.9. The third kappa shape index (κ3) is 2.83. The molecule has 1 fully saturated rings. The van der Waals surface area contributed by atoms with Crippen LogP contribution in [0.25, 0.3) is 16.8 Å². The molecule has 3 rings (SSSR count). The molecule has 0 aliphatic carbocycles. The van der Waals surface area contributed by atoms with Crippen molar-refractivity contribution in [3.63, 3.8) is 0 Å². The smallest absolute Gasteiger partial charge is 0.0836 e. The second kappa shape index (κ2) is 6.16. The summed E-state index contributed by atoms with van der Waals surface area (Å²) in [7, 11) is -0.253. The van der Waals surface area contributed by atoms with E-state index in [-0.39, 0.29) is 14.9 Å². The molecule has 1 saturated heterocycles. The van der Waals surface area contributed by atoms with Crippen LogP contribution in [0.15, 0.2) is 43.0 Å². The first-order chi connectivity index (χ1) is 10.2. The van der Waals surface area contributed by atoms with Gasteiger partial charge in [-0.2, -0.15) is 0 Å². The highest BCUT2D eigenvalue weighted by Crippen LogP contribution is 2.40. The second-order valence-electron chi connectivity index (χ2n) is 6.15. The van der Waals surface area contributed by atoms with Crippen LogP contribution < -0.4 is 0 Å². The Balaban J connectivity index is 2.07. The van der Waals surface area contributed by atoms with Crippen molar-refractivity contribution in [3.8, 4) is 0 Å². The molecule has 109 valence electrons. The highest BCUT2D eigenvalue weighted by molar-refractivity contribution is 6.57. The molecule has 21 heavy (non-hydrogen) atoms. The van der Waals surface area contributed by atoms with E-state index in [9.17, 15) is 0 Å². The van der Waals surface area contributed by atoms with Gasteiger partial charge >= 0.3 is 0 Å². The molecule has 2 heteroatoms. The lowest BCUT2D eigenvalue weighted by atomic mass is 9.91. The summed E-state index contributed by atoms with van der Waals surface area (Å²) in [4.78, 5) is 0. The van der Waals surface area contributed by atoms with Crippen molar-refractivity contribution in [2.45, 2.75) is 37.6 Å². The number of hydrogen-bond donors (Lipinski definition) is 0. The number of ether oxygens (including phenoxy) is 1. The van der Waals surface area contributed by atoms with Crippen LogP contribution in [0.5, 0.6) is 0 Å². The molecule has 1 aliphatic heterocycles. The zero-order chi connectivity index (χ0) is 14.8. The molecular weight excluding hydrogens is 272 g/mol. The van der Waals surface area contributed by atoms with Crippen LogP contribution >= 0.6 is 0 Å². The topological polar surface area (TPSA) is 9.23 Å². The maximum Gasteiger partial charge on any atom is 0.0836 e. The first kappa shape index (κ1) is 14.5. The fourth-order valence-corrected chi connectivity index (χ4v) is 4.75. The Labute approximate surface area is 129 Å². The summed E-state index contributed by atoms with van der Waals surface area (Å²) in [6.45, 7) is 9.74. The fraction of sp³-hybridized carbons (Fsp3) is 0.368. The third-order valence-corrected chi connectivity index (χ3v) is 6.80. The molecule has 0 bridgehead atoms. The third-order valence-electron chi connectivity index (χ3n) is 4.65. The summed E-state index contributed by atoms with van der Waals surface area (Å²) in [6.07, 6.45) is 4.59. The maximum absolute atomic E-state index is 6.16. The molecule has 1 radical (unpaired) electrons. The molecule has 1 heterocycles. The summed E-state index contributed by atoms with van der Waals surface area (Å²) in [5.74, 6) is 0. The van der Waals surface area contributed by atoms with Gasteiger partial charge in [0, 0.05) is 15.4 Å². The van der Waals surface area contributed by atoms with E-state index in [2.05, 4.69) is 56.1 Å². The molecule has 2 atom stereocenters. The van der Waals surface area contributed by atoms with E-state index in [1.807, 2.05) is 6.08 Å². The zero-order valence-corrected chi connectivity index (χ0v) is 13.9. The first-order valence-electron chi connectivity index (χ1n) is 7.76. The molecule has 0 N–H and O–H groups in total. The van der Waals surface area contributed by atoms with Gasteiger partial charge in [0.05, 0.1) is 6.10 Å². The molecule has 2 aromatic carbocycles. The lowest BCUT2D eigenvalue weighted by Gasteiger charge is -2.33. The number of fused-ring (bicyclic) bond motifs is 1. The minimum Gasteiger partial charge on any atom is -0.373 e. The summed E-state index contributed by atoms with van der Waals surface area (Å²) < 4.78 is 6.16. The van der Waals surface area contributed by atoms with Gasteiger partial charge in [-0.25, -0.2) is 0 Å². The Bertz CT molecular complexity index is 647. The monoisotopic (exact) mass is 295 g/mol. The maximum atomic E-state index is 6.16. The normalized spacial score (nSPS) is 22.6. The Morgan fingerprint density at radius 1 is 1.19 bits per heavy atom. The van der Waals surface area contributed by atoms with Gasteiger partial charge in [-0.3, -0.25) is 0 Å². The Morgan fingerprint density at radius 2 is 2.00 bits per heavy atom. The Morgan fingerprint density at radius 3 is 2.76 bits per heavy atom. The van der Waals surface area contributed by atoms with Crippen molar-refractivity contribution < 1.29 is 4.74 Å². The minimum atomic E-state index is -0.253. The van der Waals surface area contributed by atoms with Crippen molar-refractivity contribution in [2.24, 2.45) is 0 Å². The number of benzene rings is 2. The lowest BCUT2D eigenvalue weighted by molar-refractivity contribution is 0.0154. The molecule has 0 saturated carbocycles. The summed E-state index contributed by atoms with van der Waals surface area (Å²) in [5.41, 5.74) is 3.42. The number of rotatable bonds is 3. The molecule has 1 nitrogen and oxygen atoms in total. The van der Waals surface area contributed by atoms with Crippen molar-refractivity contribution >= 4 is 25.6 Å². The lowest BCUT2D eigenvalue weighted by Crippen LogP contribution is -2.24. The summed E-state index contributed by atoms with van der Waals surface area (Å²) in [5, 5.41) is 2.61. The van der Waals surface area contributed by atoms with E-state index in [1.165, 1.54) is 28.3 Å². The van der Waals surface area contributed by atoms with Gasteiger partial charge in [0.1, 0.15) is 0 Å². The van der Waals surface area contributed by atoms with Crippen molar-refractivity contribution in [1.29, 1.82) is 0 Å². The van der Waals surface area contributed by atoms with Crippen molar-refractivity contribution in [3.05, 3.63) is 54.1 Å². The molecular formula is C19H23OSi. The SMILES string of the molecule is C=Cc1ccc2ccccc2c1C1CC([Si](C)C)CCO1. The summed E-state index contributed by atoms with van der Waals surface area (Å²) in [6, 6.07) is 13.0. The van der Waals surface area contributed by atoms with Gasteiger partial charge in [0.15, 0.2) is 0 Å². The van der Waals surface area contributed by atoms with Crippen LogP contribution in [0.3, 0.4) is 0 Å². The molecule has 2 aromatic rings. The highest BCUT2D eigenvalue weighted by Gasteiger charge is 2.28. The standard InChI is InChI=1S/C19H23OSi/c1-4-14-9-10-15-7-5-6-8-17(15)19(14)18-13-16(21(2)3)11-12-20-18/h4-10,16,18H,1,11-13H2,2-3H3. The van der Waals surface area contributed by atoms with E-state index in [0.29, 0.717) is 0 Å². The van der Waals surface area contributed by atoms with Crippen molar-refractivity contribution in [2.75, 3.05) is 6.61 Å². The van der Waals surface area contributed by atoms with E-state index in [4.69, 9.17) is 4.74 Å². The van der Waals surface area contributed by atoms with Crippen LogP contribution in [0, 0.1) is 0 Å². The van der Waals surface area contributed by atoms with Crippen LogP contribution in [-0.4, -0.2) is 15.4 Å². The Hall–Kier alpha value is -1.38. The Kier molecular flexibility index (Phi) is 4.27. The summed E-state index contributed by atoms with van der Waals surface area (Å²) >= 11 is 0. The van der Waals surface area contributed by atoms with Gasteiger partial charge in [0.25, 0.3) is 0 Å². The van der Waals surface area contributed by atoms with Gasteiger partial charge in [-0.05, 0) is 40.3 Å². The van der Waals surface area contributed by atoms with Crippen molar-refractivity contribution in [1.82, 2.24) is 0 Å². The van der Waals surface area contributed by atoms with Crippen LogP contribution in [-0.2, 0) is 4.74 Å². The predicted molar refractivity (Wildman–Crippen MR) is 93.2 cm³/mol. The van der Waals surface area contributed by atoms with E-state index in [1.54, 1.807) is 0 Å². The first-order valence-corrected chi connectivity index (χ1v) is 10.3. The van der Waals surface area contributed by atoms with E-state index < -0.39 is 0 Å². The minimum absolute atomic E-state index is 0.225. The van der Waals surface area contributed by atoms with Gasteiger partial charge in [-0.1, -0.05) is 62.1 Å². The van der Waals surface area contributed by atoms with Crippen LogP contribution in [0.1, 0.15) is 30.1 Å². The average Bonchev–Trinajstić information content (AvgIpc) is 2.53. The predicted octanol–water partition coefficient (Wildman–Crippen LogP) is 5.46. The molecule has 0 aromatic heterocycles. The molecule has 0 spiro atoms. The fourth-order valence-electron chi connectivity index (χ4n) is 3.37. The average molecular weight is 295 g/mol. The van der Waals surface area contributed by atoms with Crippen LogP contribution in [0.4, 0.5) is 0 Å². The quantitative estimate of drug-likeness (QED) is 0.683. The van der Waals surface area contributed by atoms with E-state index >= 15 is 0 Å². The van der Waals surface area contributed by atoms with Gasteiger partial charge in [-0.15, -0.1) is 0 Å². The van der Waals surface area contributed by atoms with Gasteiger partial charge in [0.2, 0.25) is 0 Å². The van der Waals surface area contributed by atoms with E-state index in [0.717, 1.165) is 18.6 Å². The largest absolute Gasteiger partial charge is 0.373 e. The molecule has 1 aliphatic rings.